The smallest absolute Gasteiger partial charge is 0.310 e. The van der Waals surface area contributed by atoms with Crippen molar-refractivity contribution >= 4 is 35.9 Å². The first-order chi connectivity index (χ1) is 9.67. The lowest BCUT2D eigenvalue weighted by atomic mass is 10.2. The molecule has 21 heavy (non-hydrogen) atoms. The zero-order valence-electron chi connectivity index (χ0n) is 12.6. The highest BCUT2D eigenvalue weighted by molar-refractivity contribution is 14.0. The van der Waals surface area contributed by atoms with Gasteiger partial charge in [0.05, 0.1) is 25.3 Å². The fraction of sp³-hybridized carbons (Fsp3) is 0.500. The van der Waals surface area contributed by atoms with Crippen molar-refractivity contribution in [3.8, 4) is 0 Å². The van der Waals surface area contributed by atoms with E-state index in [0.29, 0.717) is 19.0 Å². The Morgan fingerprint density at radius 2 is 2.19 bits per heavy atom. The Balaban J connectivity index is 0.00000400. The Bertz CT molecular complexity index is 440. The molecule has 0 radical (unpaired) electrons. The molecule has 0 aromatic carbocycles. The number of methoxy groups -OCH3 is 1. The summed E-state index contributed by atoms with van der Waals surface area (Å²) in [7, 11) is 1.39. The van der Waals surface area contributed by atoms with Gasteiger partial charge >= 0.3 is 5.97 Å². The lowest BCUT2D eigenvalue weighted by molar-refractivity contribution is -0.144. The van der Waals surface area contributed by atoms with Crippen LogP contribution in [0.25, 0.3) is 0 Å². The summed E-state index contributed by atoms with van der Waals surface area (Å²) in [5.41, 5.74) is 0.894. The van der Waals surface area contributed by atoms with Gasteiger partial charge in [0.25, 0.3) is 0 Å². The number of nitrogens with one attached hydrogen (secondary N) is 2. The maximum absolute atomic E-state index is 11.3. The standard InChI is InChI=1S/C14H22N4O2.HI/c1-4-15-14(17-9-11(2)13(19)20-3)18-10-12-7-5-6-8-16-12;/h5-8,11H,4,9-10H2,1-3H3,(H2,15,17,18);1H. The molecule has 1 rings (SSSR count). The van der Waals surface area contributed by atoms with Crippen LogP contribution in [0.15, 0.2) is 29.4 Å². The molecule has 0 amide bonds. The third kappa shape index (κ3) is 7.84. The predicted molar refractivity (Wildman–Crippen MR) is 93.7 cm³/mol. The van der Waals surface area contributed by atoms with Crippen LogP contribution < -0.4 is 10.6 Å². The molecule has 1 unspecified atom stereocenters. The summed E-state index contributed by atoms with van der Waals surface area (Å²) >= 11 is 0. The van der Waals surface area contributed by atoms with E-state index < -0.39 is 0 Å². The molecule has 0 bridgehead atoms. The van der Waals surface area contributed by atoms with Gasteiger partial charge in [-0.05, 0) is 19.1 Å². The summed E-state index contributed by atoms with van der Waals surface area (Å²) in [5, 5.41) is 6.24. The van der Waals surface area contributed by atoms with Crippen molar-refractivity contribution in [2.45, 2.75) is 20.4 Å². The van der Waals surface area contributed by atoms with Gasteiger partial charge < -0.3 is 15.4 Å². The summed E-state index contributed by atoms with van der Waals surface area (Å²) in [6.07, 6.45) is 1.74. The lowest BCUT2D eigenvalue weighted by Gasteiger charge is -2.14. The average molecular weight is 406 g/mol. The van der Waals surface area contributed by atoms with Crippen LogP contribution in [0.5, 0.6) is 0 Å². The van der Waals surface area contributed by atoms with E-state index in [1.807, 2.05) is 25.1 Å². The third-order valence-electron chi connectivity index (χ3n) is 2.65. The van der Waals surface area contributed by atoms with E-state index in [1.165, 1.54) is 7.11 Å². The molecule has 118 valence electrons. The van der Waals surface area contributed by atoms with Gasteiger partial charge in [-0.25, -0.2) is 4.99 Å². The highest BCUT2D eigenvalue weighted by Crippen LogP contribution is 1.97. The minimum absolute atomic E-state index is 0. The van der Waals surface area contributed by atoms with Crippen molar-refractivity contribution in [2.24, 2.45) is 10.9 Å². The van der Waals surface area contributed by atoms with Crippen LogP contribution >= 0.6 is 24.0 Å². The number of carbonyl (C=O) groups excluding carboxylic acids is 1. The van der Waals surface area contributed by atoms with Gasteiger partial charge in [-0.15, -0.1) is 24.0 Å². The van der Waals surface area contributed by atoms with Crippen LogP contribution in [-0.4, -0.2) is 37.1 Å². The number of nitrogens with zero attached hydrogens (tertiary/aromatic N) is 2. The molecule has 0 fully saturated rings. The number of pyridine rings is 1. The minimum Gasteiger partial charge on any atom is -0.469 e. The molecule has 2 N–H and O–H groups in total. The van der Waals surface area contributed by atoms with Gasteiger partial charge in [0.2, 0.25) is 0 Å². The highest BCUT2D eigenvalue weighted by Gasteiger charge is 2.13. The van der Waals surface area contributed by atoms with Gasteiger partial charge in [0.15, 0.2) is 5.96 Å². The van der Waals surface area contributed by atoms with E-state index in [1.54, 1.807) is 13.1 Å². The number of ether oxygens (including phenoxy) is 1. The zero-order valence-corrected chi connectivity index (χ0v) is 15.0. The molecule has 0 aliphatic carbocycles. The number of hydrogen-bond donors (Lipinski definition) is 2. The van der Waals surface area contributed by atoms with Crippen molar-refractivity contribution in [2.75, 3.05) is 20.2 Å². The summed E-state index contributed by atoms with van der Waals surface area (Å²) in [5.74, 6) is 0.200. The van der Waals surface area contributed by atoms with Crippen LogP contribution in [-0.2, 0) is 16.1 Å². The summed E-state index contributed by atoms with van der Waals surface area (Å²) < 4.78 is 4.68. The molecule has 0 saturated heterocycles. The SMILES string of the molecule is CCNC(=NCc1ccccn1)NCC(C)C(=O)OC.I. The van der Waals surface area contributed by atoms with Crippen molar-refractivity contribution in [1.82, 2.24) is 15.6 Å². The molecule has 0 aliphatic rings. The number of halogens is 1. The normalized spacial score (nSPS) is 12.0. The number of aliphatic imine (C=N–C) groups is 1. The van der Waals surface area contributed by atoms with Gasteiger partial charge in [0, 0.05) is 19.3 Å². The molecular weight excluding hydrogens is 383 g/mol. The Labute approximate surface area is 142 Å². The van der Waals surface area contributed by atoms with Gasteiger partial charge in [0.1, 0.15) is 0 Å². The second-order valence-electron chi connectivity index (χ2n) is 4.32. The molecule has 1 heterocycles. The van der Waals surface area contributed by atoms with Crippen molar-refractivity contribution in [1.29, 1.82) is 0 Å². The maximum Gasteiger partial charge on any atom is 0.310 e. The Kier molecular flexibility index (Phi) is 10.6. The van der Waals surface area contributed by atoms with Crippen molar-refractivity contribution in [3.63, 3.8) is 0 Å². The summed E-state index contributed by atoms with van der Waals surface area (Å²) in [4.78, 5) is 20.0. The predicted octanol–water partition coefficient (Wildman–Crippen LogP) is 1.56. The van der Waals surface area contributed by atoms with E-state index in [4.69, 9.17) is 0 Å². The third-order valence-corrected chi connectivity index (χ3v) is 2.65. The molecule has 7 heteroatoms. The first-order valence-electron chi connectivity index (χ1n) is 6.67. The largest absolute Gasteiger partial charge is 0.469 e. The molecule has 6 nitrogen and oxygen atoms in total. The van der Waals surface area contributed by atoms with Crippen LogP contribution in [0, 0.1) is 5.92 Å². The minimum atomic E-state index is -0.238. The number of guanidine groups is 1. The zero-order chi connectivity index (χ0) is 14.8. The molecule has 0 spiro atoms. The first-order valence-corrected chi connectivity index (χ1v) is 6.67. The van der Waals surface area contributed by atoms with Gasteiger partial charge in [-0.1, -0.05) is 13.0 Å². The topological polar surface area (TPSA) is 75.6 Å². The second-order valence-corrected chi connectivity index (χ2v) is 4.32. The molecular formula is C14H23IN4O2. The Hall–Kier alpha value is -1.38. The number of carbonyl (C=O) groups is 1. The quantitative estimate of drug-likeness (QED) is 0.325. The van der Waals surface area contributed by atoms with Crippen LogP contribution in [0.1, 0.15) is 19.5 Å². The monoisotopic (exact) mass is 406 g/mol. The van der Waals surface area contributed by atoms with Crippen LogP contribution in [0.4, 0.5) is 0 Å². The summed E-state index contributed by atoms with van der Waals surface area (Å²) in [6.45, 7) is 5.51. The van der Waals surface area contributed by atoms with E-state index in [-0.39, 0.29) is 35.9 Å². The number of aromatic nitrogens is 1. The van der Waals surface area contributed by atoms with Crippen LogP contribution in [0.2, 0.25) is 0 Å². The maximum atomic E-state index is 11.3. The molecule has 1 atom stereocenters. The number of hydrogen-bond acceptors (Lipinski definition) is 4. The fourth-order valence-electron chi connectivity index (χ4n) is 1.53. The van der Waals surface area contributed by atoms with Gasteiger partial charge in [-0.3, -0.25) is 9.78 Å². The Morgan fingerprint density at radius 1 is 1.43 bits per heavy atom. The van der Waals surface area contributed by atoms with Gasteiger partial charge in [-0.2, -0.15) is 0 Å². The molecule has 1 aromatic rings. The van der Waals surface area contributed by atoms with E-state index >= 15 is 0 Å². The lowest BCUT2D eigenvalue weighted by Crippen LogP contribution is -2.40. The van der Waals surface area contributed by atoms with Crippen molar-refractivity contribution in [3.05, 3.63) is 30.1 Å². The number of rotatable bonds is 6. The summed E-state index contributed by atoms with van der Waals surface area (Å²) in [6, 6.07) is 5.72. The molecule has 0 aliphatic heterocycles. The molecule has 1 aromatic heterocycles. The second kappa shape index (κ2) is 11.3. The number of esters is 1. The van der Waals surface area contributed by atoms with E-state index in [9.17, 15) is 4.79 Å². The Morgan fingerprint density at radius 3 is 2.76 bits per heavy atom. The van der Waals surface area contributed by atoms with Crippen molar-refractivity contribution < 1.29 is 9.53 Å². The van der Waals surface area contributed by atoms with Crippen LogP contribution in [0.3, 0.4) is 0 Å². The fourth-order valence-corrected chi connectivity index (χ4v) is 1.53. The molecule has 0 saturated carbocycles. The first kappa shape index (κ1) is 19.6. The highest BCUT2D eigenvalue weighted by atomic mass is 127. The van der Waals surface area contributed by atoms with E-state index in [2.05, 4.69) is 25.3 Å². The average Bonchev–Trinajstić information content (AvgIpc) is 2.49. The van der Waals surface area contributed by atoms with E-state index in [0.717, 1.165) is 12.2 Å².